The predicted molar refractivity (Wildman–Crippen MR) is 109 cm³/mol. The van der Waals surface area contributed by atoms with Crippen molar-refractivity contribution in [3.05, 3.63) is 35.4 Å². The predicted octanol–water partition coefficient (Wildman–Crippen LogP) is 1.80. The number of quaternary nitrogens is 1. The van der Waals surface area contributed by atoms with Gasteiger partial charge in [-0.25, -0.2) is 12.7 Å². The first kappa shape index (κ1) is 20.5. The van der Waals surface area contributed by atoms with Crippen molar-refractivity contribution in [1.29, 1.82) is 0 Å². The number of benzene rings is 1. The largest absolute Gasteiger partial charge is 0.347 e. The molecule has 4 rings (SSSR count). The molecular weight excluding hydrogens is 388 g/mol. The van der Waals surface area contributed by atoms with Gasteiger partial charge in [-0.1, -0.05) is 45.0 Å². The number of hydrogen-bond acceptors (Lipinski definition) is 4. The number of carbonyl (C=O) groups excluding carboxylic acids is 2. The molecule has 1 amide bonds. The smallest absolute Gasteiger partial charge is 0.294 e. The normalized spacial score (nSPS) is 32.2. The Hall–Kier alpha value is -1.73. The van der Waals surface area contributed by atoms with E-state index in [4.69, 9.17) is 0 Å². The molecule has 1 saturated heterocycles. The summed E-state index contributed by atoms with van der Waals surface area (Å²) in [5.41, 5.74) is 5.17. The van der Waals surface area contributed by atoms with Crippen molar-refractivity contribution in [2.45, 2.75) is 65.0 Å². The monoisotopic (exact) mass is 419 g/mol. The maximum absolute atomic E-state index is 13.2. The zero-order valence-corrected chi connectivity index (χ0v) is 18.3. The fourth-order valence-electron chi connectivity index (χ4n) is 6.16. The van der Waals surface area contributed by atoms with Crippen LogP contribution in [-0.4, -0.2) is 42.2 Å². The van der Waals surface area contributed by atoms with Crippen molar-refractivity contribution < 1.29 is 23.7 Å². The maximum atomic E-state index is 13.2. The molecule has 6 nitrogen and oxygen atoms in total. The Morgan fingerprint density at radius 3 is 2.48 bits per heavy atom. The summed E-state index contributed by atoms with van der Waals surface area (Å²) >= 11 is 0. The molecule has 2 aliphatic carbocycles. The molecular formula is C22H31N2O4S+. The Kier molecular flexibility index (Phi) is 4.70. The van der Waals surface area contributed by atoms with Gasteiger partial charge in [0.05, 0.1) is 11.8 Å². The van der Waals surface area contributed by atoms with E-state index in [0.29, 0.717) is 24.3 Å². The van der Waals surface area contributed by atoms with Crippen LogP contribution >= 0.6 is 0 Å². The standard InChI is InChI=1S/C22H30N2O4S/c1-4-18(25)15-7-5-14(6-8-15)11-17(23)20(26)24-19-12-16-9-10-22(19,21(16,2)3)13-29(24,27)28/h5-8,16-17,19H,4,9-13,23H2,1-3H3/p+1/t16-,17+,19-,22-/m1/s1. The van der Waals surface area contributed by atoms with E-state index < -0.39 is 16.1 Å². The van der Waals surface area contributed by atoms with Crippen molar-refractivity contribution in [2.24, 2.45) is 16.7 Å². The minimum absolute atomic E-state index is 0.0575. The maximum Gasteiger partial charge on any atom is 0.294 e. The van der Waals surface area contributed by atoms with E-state index in [1.807, 2.05) is 19.1 Å². The van der Waals surface area contributed by atoms with Crippen molar-refractivity contribution >= 4 is 21.7 Å². The third-order valence-electron chi connectivity index (χ3n) is 8.06. The molecule has 2 saturated carbocycles. The number of ketones is 1. The summed E-state index contributed by atoms with van der Waals surface area (Å²) in [6, 6.07) is 6.29. The van der Waals surface area contributed by atoms with Crippen molar-refractivity contribution in [1.82, 2.24) is 4.31 Å². The van der Waals surface area contributed by atoms with Crippen LogP contribution in [0.5, 0.6) is 0 Å². The van der Waals surface area contributed by atoms with Gasteiger partial charge in [0.15, 0.2) is 11.8 Å². The zero-order valence-electron chi connectivity index (χ0n) is 17.5. The number of Topliss-reactive ketones (excluding diaryl/α,β-unsaturated/α-hetero) is 1. The van der Waals surface area contributed by atoms with Crippen LogP contribution in [0.1, 0.15) is 62.4 Å². The van der Waals surface area contributed by atoms with Crippen LogP contribution in [0.4, 0.5) is 0 Å². The Morgan fingerprint density at radius 1 is 1.24 bits per heavy atom. The van der Waals surface area contributed by atoms with Gasteiger partial charge in [0.25, 0.3) is 5.91 Å². The molecule has 1 heterocycles. The lowest BCUT2D eigenvalue weighted by Crippen LogP contribution is -2.69. The highest BCUT2D eigenvalue weighted by Crippen LogP contribution is 2.69. The summed E-state index contributed by atoms with van der Waals surface area (Å²) < 4.78 is 27.3. The lowest BCUT2D eigenvalue weighted by atomic mass is 9.69. The Balaban J connectivity index is 1.54. The summed E-state index contributed by atoms with van der Waals surface area (Å²) in [4.78, 5) is 25.0. The summed E-state index contributed by atoms with van der Waals surface area (Å²) in [6.07, 6.45) is 3.52. The highest BCUT2D eigenvalue weighted by atomic mass is 32.2. The number of fused-ring (bicyclic) bond motifs is 1. The van der Waals surface area contributed by atoms with E-state index in [-0.39, 0.29) is 34.3 Å². The van der Waals surface area contributed by atoms with Crippen LogP contribution in [0.15, 0.2) is 24.3 Å². The van der Waals surface area contributed by atoms with E-state index in [9.17, 15) is 18.0 Å². The van der Waals surface area contributed by atoms with Crippen molar-refractivity contribution in [2.75, 3.05) is 5.75 Å². The molecule has 0 aromatic heterocycles. The van der Waals surface area contributed by atoms with E-state index in [0.717, 1.165) is 24.8 Å². The third-order valence-corrected chi connectivity index (χ3v) is 9.97. The number of amides is 1. The van der Waals surface area contributed by atoms with Crippen molar-refractivity contribution in [3.63, 3.8) is 0 Å². The van der Waals surface area contributed by atoms with Crippen LogP contribution in [0.25, 0.3) is 0 Å². The number of sulfonamides is 1. The van der Waals surface area contributed by atoms with Gasteiger partial charge in [-0.3, -0.25) is 9.59 Å². The van der Waals surface area contributed by atoms with Gasteiger partial charge in [0, 0.05) is 23.8 Å². The first-order chi connectivity index (χ1) is 13.5. The summed E-state index contributed by atoms with van der Waals surface area (Å²) in [5, 5.41) is 0. The SMILES string of the molecule is CCC(=O)c1ccc(C[C@H]([NH3+])C(=O)N2[C@@H]3C[C@H]4CC[C@]3(CS2(=O)=O)C4(C)C)cc1. The lowest BCUT2D eigenvalue weighted by Gasteiger charge is -2.37. The topological polar surface area (TPSA) is 99.2 Å². The molecule has 29 heavy (non-hydrogen) atoms. The molecule has 3 N–H and O–H groups in total. The second-order valence-electron chi connectivity index (χ2n) is 9.63. The fraction of sp³-hybridized carbons (Fsp3) is 0.636. The quantitative estimate of drug-likeness (QED) is 0.736. The second kappa shape index (κ2) is 6.64. The van der Waals surface area contributed by atoms with Gasteiger partial charge in [-0.15, -0.1) is 0 Å². The molecule has 1 aromatic carbocycles. The van der Waals surface area contributed by atoms with Crippen molar-refractivity contribution in [3.8, 4) is 0 Å². The molecule has 3 aliphatic rings. The fourth-order valence-corrected chi connectivity index (χ4v) is 8.76. The average molecular weight is 420 g/mol. The number of nitrogens with zero attached hydrogens (tertiary/aromatic N) is 1. The first-order valence-corrected chi connectivity index (χ1v) is 12.2. The Bertz CT molecular complexity index is 954. The molecule has 0 radical (unpaired) electrons. The molecule has 158 valence electrons. The summed E-state index contributed by atoms with van der Waals surface area (Å²) in [7, 11) is -3.62. The minimum Gasteiger partial charge on any atom is -0.347 e. The highest BCUT2D eigenvalue weighted by Gasteiger charge is 2.72. The molecule has 3 fully saturated rings. The number of hydrogen-bond donors (Lipinski definition) is 1. The number of carbonyl (C=O) groups is 2. The average Bonchev–Trinajstić information content (AvgIpc) is 3.15. The van der Waals surface area contributed by atoms with Crippen LogP contribution in [0, 0.1) is 16.7 Å². The molecule has 7 heteroatoms. The van der Waals surface area contributed by atoms with Gasteiger partial charge in [0.2, 0.25) is 10.0 Å². The Labute approximate surface area is 172 Å². The summed E-state index contributed by atoms with van der Waals surface area (Å²) in [6.45, 7) is 6.17. The van der Waals surface area contributed by atoms with Gasteiger partial charge < -0.3 is 5.73 Å². The van der Waals surface area contributed by atoms with E-state index in [1.54, 1.807) is 12.1 Å². The molecule has 4 atom stereocenters. The van der Waals surface area contributed by atoms with Crippen LogP contribution in [0.3, 0.4) is 0 Å². The van der Waals surface area contributed by atoms with Gasteiger partial charge in [-0.2, -0.15) is 0 Å². The minimum atomic E-state index is -3.62. The molecule has 2 bridgehead atoms. The van der Waals surface area contributed by atoms with E-state index in [1.165, 1.54) is 4.31 Å². The van der Waals surface area contributed by atoms with Gasteiger partial charge in [-0.05, 0) is 36.2 Å². The van der Waals surface area contributed by atoms with E-state index >= 15 is 0 Å². The van der Waals surface area contributed by atoms with Gasteiger partial charge in [0.1, 0.15) is 0 Å². The van der Waals surface area contributed by atoms with Gasteiger partial charge >= 0.3 is 0 Å². The summed E-state index contributed by atoms with van der Waals surface area (Å²) in [5.74, 6) is 0.251. The first-order valence-electron chi connectivity index (χ1n) is 10.5. The second-order valence-corrected chi connectivity index (χ2v) is 11.5. The third kappa shape index (κ3) is 2.88. The molecule has 1 aromatic rings. The molecule has 0 unspecified atom stereocenters. The van der Waals surface area contributed by atoms with E-state index in [2.05, 4.69) is 19.6 Å². The van der Waals surface area contributed by atoms with Crippen LogP contribution < -0.4 is 5.73 Å². The Morgan fingerprint density at radius 2 is 1.90 bits per heavy atom. The molecule has 1 aliphatic heterocycles. The lowest BCUT2D eigenvalue weighted by molar-refractivity contribution is -0.404. The highest BCUT2D eigenvalue weighted by molar-refractivity contribution is 7.90. The number of rotatable bonds is 5. The molecule has 1 spiro atoms. The van der Waals surface area contributed by atoms with Crippen LogP contribution in [-0.2, 0) is 21.2 Å². The van der Waals surface area contributed by atoms with Crippen LogP contribution in [0.2, 0.25) is 0 Å². The zero-order chi connectivity index (χ0) is 21.2.